The highest BCUT2D eigenvalue weighted by atomic mass is 35.5. The molecule has 164 valence electrons. The van der Waals surface area contributed by atoms with Gasteiger partial charge in [-0.1, -0.05) is 11.6 Å². The van der Waals surface area contributed by atoms with Crippen molar-refractivity contribution in [1.29, 1.82) is 0 Å². The van der Waals surface area contributed by atoms with Crippen molar-refractivity contribution in [2.75, 3.05) is 38.2 Å². The number of carbonyl (C=O) groups excluding carboxylic acids is 2. The van der Waals surface area contributed by atoms with Gasteiger partial charge in [0.15, 0.2) is 11.7 Å². The standard InChI is InChI=1S/C22H24ClN3O4S/c1-14-11-18(12-15(2)20(14)23)30-13-19(27)25-22(31)24-17-5-3-16(4-6-17)21(28)26-7-9-29-10-8-26/h3-6,11-12H,7-10,13H2,1-2H3,(H2,24,25,27,31). The maximum absolute atomic E-state index is 12.5. The molecule has 2 N–H and O–H groups in total. The van der Waals surface area contributed by atoms with E-state index in [0.29, 0.717) is 48.3 Å². The SMILES string of the molecule is Cc1cc(OCC(=O)NC(=S)Nc2ccc(C(=O)N3CCOCC3)cc2)cc(C)c1Cl. The van der Waals surface area contributed by atoms with Gasteiger partial charge < -0.3 is 19.7 Å². The van der Waals surface area contributed by atoms with Crippen LogP contribution < -0.4 is 15.4 Å². The van der Waals surface area contributed by atoms with Crippen molar-refractivity contribution < 1.29 is 19.1 Å². The van der Waals surface area contributed by atoms with Gasteiger partial charge in [-0.15, -0.1) is 0 Å². The second-order valence-corrected chi connectivity index (χ2v) is 7.93. The molecule has 2 aromatic rings. The number of aryl methyl sites for hydroxylation is 2. The number of anilines is 1. The molecule has 1 fully saturated rings. The van der Waals surface area contributed by atoms with Gasteiger partial charge in [0.2, 0.25) is 0 Å². The fourth-order valence-corrected chi connectivity index (χ4v) is 3.45. The molecular formula is C22H24ClN3O4S. The molecule has 3 rings (SSSR count). The molecule has 0 bridgehead atoms. The Morgan fingerprint density at radius 3 is 2.35 bits per heavy atom. The van der Waals surface area contributed by atoms with E-state index in [0.717, 1.165) is 11.1 Å². The number of hydrogen-bond acceptors (Lipinski definition) is 5. The van der Waals surface area contributed by atoms with Crippen molar-refractivity contribution >= 4 is 46.4 Å². The molecule has 0 radical (unpaired) electrons. The molecule has 2 aromatic carbocycles. The third kappa shape index (κ3) is 6.40. The Hall–Kier alpha value is -2.68. The largest absolute Gasteiger partial charge is 0.484 e. The van der Waals surface area contributed by atoms with E-state index in [2.05, 4.69) is 10.6 Å². The van der Waals surface area contributed by atoms with Gasteiger partial charge in [-0.2, -0.15) is 0 Å². The van der Waals surface area contributed by atoms with Crippen LogP contribution in [0.1, 0.15) is 21.5 Å². The van der Waals surface area contributed by atoms with Gasteiger partial charge in [-0.3, -0.25) is 14.9 Å². The Kier molecular flexibility index (Phi) is 7.84. The summed E-state index contributed by atoms with van der Waals surface area (Å²) in [4.78, 5) is 26.4. The summed E-state index contributed by atoms with van der Waals surface area (Å²) in [5, 5.41) is 6.32. The zero-order chi connectivity index (χ0) is 22.4. The topological polar surface area (TPSA) is 79.9 Å². The van der Waals surface area contributed by atoms with Gasteiger partial charge in [-0.25, -0.2) is 0 Å². The van der Waals surface area contributed by atoms with Crippen molar-refractivity contribution in [1.82, 2.24) is 10.2 Å². The predicted molar refractivity (Wildman–Crippen MR) is 124 cm³/mol. The summed E-state index contributed by atoms with van der Waals surface area (Å²) in [7, 11) is 0. The molecule has 0 aromatic heterocycles. The highest BCUT2D eigenvalue weighted by Gasteiger charge is 2.18. The van der Waals surface area contributed by atoms with Crippen LogP contribution in [-0.4, -0.2) is 54.7 Å². The fraction of sp³-hybridized carbons (Fsp3) is 0.318. The van der Waals surface area contributed by atoms with Gasteiger partial charge >= 0.3 is 0 Å². The van der Waals surface area contributed by atoms with Gasteiger partial charge in [0.25, 0.3) is 11.8 Å². The van der Waals surface area contributed by atoms with Gasteiger partial charge in [0.1, 0.15) is 5.75 Å². The number of benzene rings is 2. The van der Waals surface area contributed by atoms with Crippen LogP contribution in [0.2, 0.25) is 5.02 Å². The monoisotopic (exact) mass is 461 g/mol. The number of ether oxygens (including phenoxy) is 2. The average Bonchev–Trinajstić information content (AvgIpc) is 2.76. The first-order valence-electron chi connectivity index (χ1n) is 9.81. The molecule has 9 heteroatoms. The quantitative estimate of drug-likeness (QED) is 0.665. The van der Waals surface area contributed by atoms with E-state index in [1.165, 1.54) is 0 Å². The molecule has 0 aliphatic carbocycles. The molecule has 0 spiro atoms. The lowest BCUT2D eigenvalue weighted by molar-refractivity contribution is -0.121. The third-order valence-corrected chi connectivity index (χ3v) is 5.52. The highest BCUT2D eigenvalue weighted by Crippen LogP contribution is 2.25. The lowest BCUT2D eigenvalue weighted by Crippen LogP contribution is -2.40. The smallest absolute Gasteiger partial charge is 0.264 e. The molecule has 1 saturated heterocycles. The summed E-state index contributed by atoms with van der Waals surface area (Å²) < 4.78 is 10.8. The van der Waals surface area contributed by atoms with Crippen LogP contribution in [0.4, 0.5) is 5.69 Å². The second kappa shape index (κ2) is 10.6. The Morgan fingerprint density at radius 2 is 1.74 bits per heavy atom. The third-order valence-electron chi connectivity index (χ3n) is 4.72. The van der Waals surface area contributed by atoms with Crippen LogP contribution in [0.25, 0.3) is 0 Å². The Morgan fingerprint density at radius 1 is 1.13 bits per heavy atom. The number of rotatable bonds is 5. The van der Waals surface area contributed by atoms with E-state index in [1.54, 1.807) is 41.3 Å². The van der Waals surface area contributed by atoms with E-state index in [4.69, 9.17) is 33.3 Å². The molecule has 0 atom stereocenters. The predicted octanol–water partition coefficient (Wildman–Crippen LogP) is 3.32. The van der Waals surface area contributed by atoms with Crippen molar-refractivity contribution in [2.45, 2.75) is 13.8 Å². The number of nitrogens with one attached hydrogen (secondary N) is 2. The van der Waals surface area contributed by atoms with E-state index >= 15 is 0 Å². The van der Waals surface area contributed by atoms with Crippen molar-refractivity contribution in [3.8, 4) is 5.75 Å². The average molecular weight is 462 g/mol. The van der Waals surface area contributed by atoms with Crippen LogP contribution in [0.15, 0.2) is 36.4 Å². The number of morpholine rings is 1. The minimum Gasteiger partial charge on any atom is -0.484 e. The summed E-state index contributed by atoms with van der Waals surface area (Å²) in [5.74, 6) is 0.145. The first-order valence-corrected chi connectivity index (χ1v) is 10.6. The first kappa shape index (κ1) is 23.0. The lowest BCUT2D eigenvalue weighted by Gasteiger charge is -2.26. The van der Waals surface area contributed by atoms with Crippen LogP contribution in [-0.2, 0) is 9.53 Å². The Bertz CT molecular complexity index is 952. The molecule has 2 amide bonds. The van der Waals surface area contributed by atoms with Crippen molar-refractivity contribution in [3.63, 3.8) is 0 Å². The van der Waals surface area contributed by atoms with Crippen molar-refractivity contribution in [2.24, 2.45) is 0 Å². The van der Waals surface area contributed by atoms with Crippen LogP contribution in [0.5, 0.6) is 5.75 Å². The summed E-state index contributed by atoms with van der Waals surface area (Å²) >= 11 is 11.3. The van der Waals surface area contributed by atoms with E-state index < -0.39 is 0 Å². The zero-order valence-electron chi connectivity index (χ0n) is 17.4. The van der Waals surface area contributed by atoms with Crippen molar-refractivity contribution in [3.05, 3.63) is 58.1 Å². The van der Waals surface area contributed by atoms with Crippen LogP contribution in [0.3, 0.4) is 0 Å². The normalized spacial score (nSPS) is 13.5. The number of halogens is 1. The molecule has 1 heterocycles. The summed E-state index contributed by atoms with van der Waals surface area (Å²) in [6.45, 7) is 5.86. The maximum atomic E-state index is 12.5. The van der Waals surface area contributed by atoms with E-state index in [-0.39, 0.29) is 23.5 Å². The first-order chi connectivity index (χ1) is 14.8. The summed E-state index contributed by atoms with van der Waals surface area (Å²) in [5.41, 5.74) is 3.01. The molecule has 0 saturated carbocycles. The highest BCUT2D eigenvalue weighted by molar-refractivity contribution is 7.80. The van der Waals surface area contributed by atoms with E-state index in [9.17, 15) is 9.59 Å². The van der Waals surface area contributed by atoms with Crippen LogP contribution in [0, 0.1) is 13.8 Å². The molecule has 1 aliphatic heterocycles. The molecule has 0 unspecified atom stereocenters. The molecule has 7 nitrogen and oxygen atoms in total. The Labute approximate surface area is 191 Å². The number of hydrogen-bond donors (Lipinski definition) is 2. The zero-order valence-corrected chi connectivity index (χ0v) is 18.9. The summed E-state index contributed by atoms with van der Waals surface area (Å²) in [6, 6.07) is 10.5. The Balaban J connectivity index is 1.47. The number of amides is 2. The van der Waals surface area contributed by atoms with Crippen LogP contribution >= 0.6 is 23.8 Å². The van der Waals surface area contributed by atoms with Gasteiger partial charge in [0, 0.05) is 29.4 Å². The van der Waals surface area contributed by atoms with Gasteiger partial charge in [0.05, 0.1) is 13.2 Å². The van der Waals surface area contributed by atoms with E-state index in [1.807, 2.05) is 13.8 Å². The van der Waals surface area contributed by atoms with Gasteiger partial charge in [-0.05, 0) is 73.6 Å². The number of thiocarbonyl (C=S) groups is 1. The molecule has 31 heavy (non-hydrogen) atoms. The fourth-order valence-electron chi connectivity index (χ4n) is 3.11. The number of nitrogens with zero attached hydrogens (tertiary/aromatic N) is 1. The summed E-state index contributed by atoms with van der Waals surface area (Å²) in [6.07, 6.45) is 0. The molecule has 1 aliphatic rings. The molecular weight excluding hydrogens is 438 g/mol. The second-order valence-electron chi connectivity index (χ2n) is 7.14. The minimum atomic E-state index is -0.387. The number of carbonyl (C=O) groups is 2. The minimum absolute atomic E-state index is 0.0319. The lowest BCUT2D eigenvalue weighted by atomic mass is 10.1. The maximum Gasteiger partial charge on any atom is 0.264 e.